The molecule has 4 heteroatoms. The van der Waals surface area contributed by atoms with E-state index in [-0.39, 0.29) is 5.97 Å². The van der Waals surface area contributed by atoms with Crippen LogP contribution in [0.2, 0.25) is 5.15 Å². The Hall–Kier alpha value is -1.61. The van der Waals surface area contributed by atoms with Crippen LogP contribution in [0.15, 0.2) is 24.3 Å². The third-order valence-electron chi connectivity index (χ3n) is 2.36. The number of benzene rings is 1. The van der Waals surface area contributed by atoms with E-state index in [0.29, 0.717) is 10.7 Å². The molecule has 1 aromatic carbocycles. The molecule has 0 aliphatic heterocycles. The Balaban J connectivity index is 2.62. The normalized spacial score (nSPS) is 10.4. The van der Waals surface area contributed by atoms with E-state index in [1.54, 1.807) is 18.2 Å². The van der Waals surface area contributed by atoms with E-state index in [2.05, 4.69) is 9.72 Å². The maximum atomic E-state index is 11.3. The van der Waals surface area contributed by atoms with Gasteiger partial charge in [0, 0.05) is 5.39 Å². The number of aromatic nitrogens is 1. The predicted molar refractivity (Wildman–Crippen MR) is 62.8 cm³/mol. The van der Waals surface area contributed by atoms with Gasteiger partial charge in [0.25, 0.3) is 0 Å². The molecule has 2 aromatic rings. The third kappa shape index (κ3) is 1.86. The molecule has 2 rings (SSSR count). The van der Waals surface area contributed by atoms with Gasteiger partial charge < -0.3 is 4.74 Å². The van der Waals surface area contributed by atoms with E-state index >= 15 is 0 Å². The van der Waals surface area contributed by atoms with E-state index in [1.165, 1.54) is 7.11 Å². The number of aryl methyl sites for hydroxylation is 1. The predicted octanol–water partition coefficient (Wildman–Crippen LogP) is 2.98. The van der Waals surface area contributed by atoms with Crippen molar-refractivity contribution in [1.29, 1.82) is 0 Å². The van der Waals surface area contributed by atoms with Crippen molar-refractivity contribution in [2.24, 2.45) is 0 Å². The number of hydrogen-bond donors (Lipinski definition) is 0. The van der Waals surface area contributed by atoms with Crippen molar-refractivity contribution in [3.8, 4) is 0 Å². The zero-order valence-electron chi connectivity index (χ0n) is 8.95. The second kappa shape index (κ2) is 4.10. The van der Waals surface area contributed by atoms with Gasteiger partial charge in [0.15, 0.2) is 0 Å². The van der Waals surface area contributed by atoms with Gasteiger partial charge in [-0.2, -0.15) is 0 Å². The quantitative estimate of drug-likeness (QED) is 0.564. The lowest BCUT2D eigenvalue weighted by molar-refractivity contribution is 0.0601. The Labute approximate surface area is 98.0 Å². The van der Waals surface area contributed by atoms with Crippen LogP contribution in [0, 0.1) is 6.92 Å². The van der Waals surface area contributed by atoms with Gasteiger partial charge in [-0.3, -0.25) is 0 Å². The maximum absolute atomic E-state index is 11.3. The molecular weight excluding hydrogens is 226 g/mol. The summed E-state index contributed by atoms with van der Waals surface area (Å²) in [5, 5.41) is 1.36. The van der Waals surface area contributed by atoms with E-state index in [0.717, 1.165) is 16.5 Å². The number of pyridine rings is 1. The van der Waals surface area contributed by atoms with Crippen molar-refractivity contribution in [3.05, 3.63) is 40.5 Å². The number of carbonyl (C=O) groups is 1. The van der Waals surface area contributed by atoms with E-state index in [9.17, 15) is 4.79 Å². The average molecular weight is 236 g/mol. The van der Waals surface area contributed by atoms with Crippen molar-refractivity contribution in [3.63, 3.8) is 0 Å². The fourth-order valence-electron chi connectivity index (χ4n) is 1.50. The Morgan fingerprint density at radius 3 is 2.81 bits per heavy atom. The Morgan fingerprint density at radius 2 is 2.12 bits per heavy atom. The molecule has 3 nitrogen and oxygen atoms in total. The van der Waals surface area contributed by atoms with Crippen LogP contribution in [-0.4, -0.2) is 18.1 Å². The van der Waals surface area contributed by atoms with Crippen LogP contribution in [-0.2, 0) is 4.74 Å². The van der Waals surface area contributed by atoms with E-state index in [4.69, 9.17) is 11.6 Å². The second-order valence-electron chi connectivity index (χ2n) is 3.50. The summed E-state index contributed by atoms with van der Waals surface area (Å²) in [5.74, 6) is -0.352. The molecule has 0 N–H and O–H groups in total. The van der Waals surface area contributed by atoms with E-state index in [1.807, 2.05) is 13.0 Å². The summed E-state index contributed by atoms with van der Waals surface area (Å²) in [6, 6.07) is 7.08. The third-order valence-corrected chi connectivity index (χ3v) is 2.75. The lowest BCUT2D eigenvalue weighted by Crippen LogP contribution is -2.00. The number of halogens is 1. The minimum absolute atomic E-state index is 0.352. The van der Waals surface area contributed by atoms with Crippen LogP contribution in [0.1, 0.15) is 15.9 Å². The number of methoxy groups -OCH3 is 1. The molecule has 0 aliphatic rings. The molecule has 0 radical (unpaired) electrons. The first-order chi connectivity index (χ1) is 7.61. The van der Waals surface area contributed by atoms with Gasteiger partial charge in [-0.25, -0.2) is 9.78 Å². The van der Waals surface area contributed by atoms with Gasteiger partial charge in [-0.1, -0.05) is 11.6 Å². The highest BCUT2D eigenvalue weighted by molar-refractivity contribution is 6.30. The number of nitrogens with zero attached hydrogens (tertiary/aromatic N) is 1. The first-order valence-corrected chi connectivity index (χ1v) is 5.15. The summed E-state index contributed by atoms with van der Waals surface area (Å²) in [4.78, 5) is 15.6. The summed E-state index contributed by atoms with van der Waals surface area (Å²) >= 11 is 5.91. The molecule has 0 unspecified atom stereocenters. The van der Waals surface area contributed by atoms with Gasteiger partial charge in [-0.15, -0.1) is 0 Å². The number of fused-ring (bicyclic) bond motifs is 1. The number of hydrogen-bond acceptors (Lipinski definition) is 3. The number of ether oxygens (including phenoxy) is 1. The molecule has 0 fully saturated rings. The van der Waals surface area contributed by atoms with Crippen LogP contribution in [0.25, 0.3) is 10.9 Å². The van der Waals surface area contributed by atoms with Gasteiger partial charge in [0.2, 0.25) is 0 Å². The highest BCUT2D eigenvalue weighted by Crippen LogP contribution is 2.21. The molecular formula is C12H10ClNO2. The van der Waals surface area contributed by atoms with Crippen molar-refractivity contribution in [1.82, 2.24) is 4.98 Å². The summed E-state index contributed by atoms with van der Waals surface area (Å²) < 4.78 is 4.65. The number of esters is 1. The minimum Gasteiger partial charge on any atom is -0.465 e. The van der Waals surface area contributed by atoms with Gasteiger partial charge in [0.1, 0.15) is 5.15 Å². The van der Waals surface area contributed by atoms with Crippen LogP contribution in [0.4, 0.5) is 0 Å². The number of carbonyl (C=O) groups excluding carboxylic acids is 1. The molecule has 0 atom stereocenters. The zero-order chi connectivity index (χ0) is 11.7. The van der Waals surface area contributed by atoms with Crippen molar-refractivity contribution in [2.75, 3.05) is 7.11 Å². The molecule has 0 amide bonds. The molecule has 1 heterocycles. The largest absolute Gasteiger partial charge is 0.465 e. The molecule has 0 saturated carbocycles. The lowest BCUT2D eigenvalue weighted by atomic mass is 10.1. The average Bonchev–Trinajstić information content (AvgIpc) is 2.29. The SMILES string of the molecule is COC(=O)c1ccc2nc(Cl)c(C)cc2c1. The highest BCUT2D eigenvalue weighted by atomic mass is 35.5. The number of rotatable bonds is 1. The monoisotopic (exact) mass is 235 g/mol. The standard InChI is InChI=1S/C12H10ClNO2/c1-7-5-9-6-8(12(15)16-2)3-4-10(9)14-11(7)13/h3-6H,1-2H3. The molecule has 0 bridgehead atoms. The topological polar surface area (TPSA) is 39.2 Å². The smallest absolute Gasteiger partial charge is 0.337 e. The highest BCUT2D eigenvalue weighted by Gasteiger charge is 2.07. The Morgan fingerprint density at radius 1 is 1.38 bits per heavy atom. The molecule has 16 heavy (non-hydrogen) atoms. The Kier molecular flexibility index (Phi) is 2.79. The minimum atomic E-state index is -0.352. The molecule has 0 spiro atoms. The van der Waals surface area contributed by atoms with Crippen molar-refractivity contribution in [2.45, 2.75) is 6.92 Å². The van der Waals surface area contributed by atoms with Crippen molar-refractivity contribution >= 4 is 28.5 Å². The summed E-state index contributed by atoms with van der Waals surface area (Å²) in [6.45, 7) is 1.87. The van der Waals surface area contributed by atoms with Gasteiger partial charge >= 0.3 is 5.97 Å². The lowest BCUT2D eigenvalue weighted by Gasteiger charge is -2.03. The summed E-state index contributed by atoms with van der Waals surface area (Å²) in [7, 11) is 1.36. The van der Waals surface area contributed by atoms with Gasteiger partial charge in [-0.05, 0) is 36.8 Å². The van der Waals surface area contributed by atoms with Crippen molar-refractivity contribution < 1.29 is 9.53 Å². The second-order valence-corrected chi connectivity index (χ2v) is 3.85. The summed E-state index contributed by atoms with van der Waals surface area (Å²) in [5.41, 5.74) is 2.16. The van der Waals surface area contributed by atoms with Crippen LogP contribution < -0.4 is 0 Å². The maximum Gasteiger partial charge on any atom is 0.337 e. The first-order valence-electron chi connectivity index (χ1n) is 4.77. The first kappa shape index (κ1) is 10.9. The van der Waals surface area contributed by atoms with Gasteiger partial charge in [0.05, 0.1) is 18.2 Å². The van der Waals surface area contributed by atoms with Crippen LogP contribution in [0.3, 0.4) is 0 Å². The molecule has 82 valence electrons. The zero-order valence-corrected chi connectivity index (χ0v) is 9.71. The molecule has 0 aliphatic carbocycles. The fourth-order valence-corrected chi connectivity index (χ4v) is 1.65. The van der Waals surface area contributed by atoms with Crippen LogP contribution >= 0.6 is 11.6 Å². The fraction of sp³-hybridized carbons (Fsp3) is 0.167. The molecule has 1 aromatic heterocycles. The van der Waals surface area contributed by atoms with Crippen LogP contribution in [0.5, 0.6) is 0 Å². The van der Waals surface area contributed by atoms with E-state index < -0.39 is 0 Å². The summed E-state index contributed by atoms with van der Waals surface area (Å²) in [6.07, 6.45) is 0. The Bertz CT molecular complexity index is 566. The molecule has 0 saturated heterocycles.